The lowest BCUT2D eigenvalue weighted by molar-refractivity contribution is 0.141. The van der Waals surface area contributed by atoms with Crippen molar-refractivity contribution in [1.29, 1.82) is 0 Å². The Labute approximate surface area is 165 Å². The van der Waals surface area contributed by atoms with E-state index in [0.29, 0.717) is 19.1 Å². The molecule has 0 radical (unpaired) electrons. The van der Waals surface area contributed by atoms with Gasteiger partial charge in [-0.1, -0.05) is 6.07 Å². The summed E-state index contributed by atoms with van der Waals surface area (Å²) in [5.41, 5.74) is 0.0643. The van der Waals surface area contributed by atoms with E-state index in [0.717, 1.165) is 45.0 Å². The molecule has 156 valence electrons. The van der Waals surface area contributed by atoms with Crippen LogP contribution in [-0.2, 0) is 4.74 Å². The number of ether oxygens (including phenoxy) is 1. The molecule has 1 aromatic carbocycles. The highest BCUT2D eigenvalue weighted by Gasteiger charge is 2.28. The number of halogens is 2. The molecule has 2 N–H and O–H groups in total. The van der Waals surface area contributed by atoms with Crippen molar-refractivity contribution in [2.24, 2.45) is 4.99 Å². The fourth-order valence-corrected chi connectivity index (χ4v) is 4.10. The number of anilines is 1. The van der Waals surface area contributed by atoms with Gasteiger partial charge in [-0.3, -0.25) is 9.89 Å². The van der Waals surface area contributed by atoms with Gasteiger partial charge >= 0.3 is 0 Å². The van der Waals surface area contributed by atoms with Crippen LogP contribution < -0.4 is 15.5 Å². The van der Waals surface area contributed by atoms with Crippen molar-refractivity contribution >= 4 is 11.6 Å². The maximum absolute atomic E-state index is 14.0. The molecule has 3 rings (SSSR count). The number of guanidine groups is 1. The van der Waals surface area contributed by atoms with Crippen LogP contribution in [0.25, 0.3) is 0 Å². The van der Waals surface area contributed by atoms with E-state index in [4.69, 9.17) is 4.74 Å². The predicted octanol–water partition coefficient (Wildman–Crippen LogP) is 1.82. The summed E-state index contributed by atoms with van der Waals surface area (Å²) in [4.78, 5) is 8.53. The molecule has 2 unspecified atom stereocenters. The van der Waals surface area contributed by atoms with E-state index >= 15 is 0 Å². The second kappa shape index (κ2) is 10.0. The second-order valence-electron chi connectivity index (χ2n) is 7.42. The van der Waals surface area contributed by atoms with Gasteiger partial charge in [0.05, 0.1) is 6.61 Å². The first-order valence-electron chi connectivity index (χ1n) is 10.0. The SMILES string of the molecule is CN=C(NCC1CCCN1CCOC)NC1CCN(c2c(F)cccc2F)C1. The monoisotopic (exact) mass is 395 g/mol. The number of nitrogens with one attached hydrogen (secondary N) is 2. The molecule has 2 saturated heterocycles. The van der Waals surface area contributed by atoms with Gasteiger partial charge in [0, 0.05) is 52.4 Å². The molecule has 2 aliphatic rings. The van der Waals surface area contributed by atoms with Crippen LogP contribution in [0.3, 0.4) is 0 Å². The molecule has 0 saturated carbocycles. The molecule has 0 spiro atoms. The van der Waals surface area contributed by atoms with Crippen molar-refractivity contribution in [1.82, 2.24) is 15.5 Å². The molecule has 2 aliphatic heterocycles. The number of methoxy groups -OCH3 is 1. The van der Waals surface area contributed by atoms with Crippen LogP contribution in [0.15, 0.2) is 23.2 Å². The third-order valence-corrected chi connectivity index (χ3v) is 5.59. The zero-order valence-electron chi connectivity index (χ0n) is 16.8. The topological polar surface area (TPSA) is 52.1 Å². The second-order valence-corrected chi connectivity index (χ2v) is 7.42. The summed E-state index contributed by atoms with van der Waals surface area (Å²) in [6.07, 6.45) is 3.17. The molecule has 8 heteroatoms. The molecule has 28 heavy (non-hydrogen) atoms. The van der Waals surface area contributed by atoms with Crippen LogP contribution in [-0.4, -0.2) is 76.4 Å². The summed E-state index contributed by atoms with van der Waals surface area (Å²) in [5, 5.41) is 6.81. The third kappa shape index (κ3) is 5.11. The summed E-state index contributed by atoms with van der Waals surface area (Å²) in [6, 6.07) is 4.57. The molecular weight excluding hydrogens is 364 g/mol. The fourth-order valence-electron chi connectivity index (χ4n) is 4.10. The maximum Gasteiger partial charge on any atom is 0.191 e. The standard InChI is InChI=1S/C20H31F2N5O/c1-23-20(24-13-16-5-4-9-26(16)11-12-28-2)25-15-8-10-27(14-15)19-17(21)6-3-7-18(19)22/h3,6-7,15-16H,4-5,8-14H2,1-2H3,(H2,23,24,25). The fraction of sp³-hybridized carbons (Fsp3) is 0.650. The molecular formula is C20H31F2N5O. The Kier molecular flexibility index (Phi) is 7.44. The van der Waals surface area contributed by atoms with Crippen LogP contribution in [0.2, 0.25) is 0 Å². The number of para-hydroxylation sites is 1. The highest BCUT2D eigenvalue weighted by atomic mass is 19.1. The van der Waals surface area contributed by atoms with E-state index in [9.17, 15) is 8.78 Å². The molecule has 0 aromatic heterocycles. The lowest BCUT2D eigenvalue weighted by Gasteiger charge is -2.26. The number of rotatable bonds is 7. The Morgan fingerprint density at radius 2 is 2.04 bits per heavy atom. The first kappa shape index (κ1) is 20.8. The van der Waals surface area contributed by atoms with Crippen LogP contribution in [0.5, 0.6) is 0 Å². The van der Waals surface area contributed by atoms with Crippen molar-refractivity contribution in [2.75, 3.05) is 58.4 Å². The van der Waals surface area contributed by atoms with Gasteiger partial charge in [-0.15, -0.1) is 0 Å². The number of likely N-dealkylation sites (tertiary alicyclic amines) is 1. The number of nitrogens with zero attached hydrogens (tertiary/aromatic N) is 3. The molecule has 2 fully saturated rings. The smallest absolute Gasteiger partial charge is 0.191 e. The minimum absolute atomic E-state index is 0.0643. The number of hydrogen-bond donors (Lipinski definition) is 2. The first-order valence-corrected chi connectivity index (χ1v) is 10.0. The maximum atomic E-state index is 14.0. The average molecular weight is 395 g/mol. The van der Waals surface area contributed by atoms with Gasteiger partial charge in [-0.2, -0.15) is 0 Å². The zero-order chi connectivity index (χ0) is 19.9. The molecule has 2 heterocycles. The van der Waals surface area contributed by atoms with Gasteiger partial charge in [0.25, 0.3) is 0 Å². The van der Waals surface area contributed by atoms with E-state index in [1.807, 2.05) is 0 Å². The normalized spacial score (nSPS) is 23.4. The molecule has 0 amide bonds. The minimum Gasteiger partial charge on any atom is -0.383 e. The van der Waals surface area contributed by atoms with Crippen molar-refractivity contribution in [3.8, 4) is 0 Å². The highest BCUT2D eigenvalue weighted by Crippen LogP contribution is 2.26. The van der Waals surface area contributed by atoms with Gasteiger partial charge in [0.2, 0.25) is 0 Å². The molecule has 2 atom stereocenters. The number of benzene rings is 1. The van der Waals surface area contributed by atoms with E-state index < -0.39 is 11.6 Å². The summed E-state index contributed by atoms with van der Waals surface area (Å²) in [6.45, 7) is 4.77. The van der Waals surface area contributed by atoms with Crippen LogP contribution in [0.4, 0.5) is 14.5 Å². The number of aliphatic imine (C=N–C) groups is 1. The largest absolute Gasteiger partial charge is 0.383 e. The van der Waals surface area contributed by atoms with Gasteiger partial charge in [0.1, 0.15) is 17.3 Å². The Hall–Kier alpha value is -1.93. The Bertz CT molecular complexity index is 652. The van der Waals surface area contributed by atoms with Crippen molar-refractivity contribution in [3.63, 3.8) is 0 Å². The molecule has 0 aliphatic carbocycles. The third-order valence-electron chi connectivity index (χ3n) is 5.59. The first-order chi connectivity index (χ1) is 13.6. The van der Waals surface area contributed by atoms with Crippen molar-refractivity contribution < 1.29 is 13.5 Å². The number of hydrogen-bond acceptors (Lipinski definition) is 4. The van der Waals surface area contributed by atoms with Gasteiger partial charge < -0.3 is 20.3 Å². The molecule has 0 bridgehead atoms. The average Bonchev–Trinajstić information content (AvgIpc) is 3.32. The highest BCUT2D eigenvalue weighted by molar-refractivity contribution is 5.80. The van der Waals surface area contributed by atoms with E-state index in [1.54, 1.807) is 19.1 Å². The van der Waals surface area contributed by atoms with Crippen molar-refractivity contribution in [2.45, 2.75) is 31.3 Å². The Morgan fingerprint density at radius 3 is 2.75 bits per heavy atom. The van der Waals surface area contributed by atoms with Gasteiger partial charge in [0.15, 0.2) is 5.96 Å². The van der Waals surface area contributed by atoms with E-state index in [2.05, 4.69) is 20.5 Å². The lowest BCUT2D eigenvalue weighted by atomic mass is 10.2. The predicted molar refractivity (Wildman–Crippen MR) is 108 cm³/mol. The van der Waals surface area contributed by atoms with Crippen molar-refractivity contribution in [3.05, 3.63) is 29.8 Å². The Balaban J connectivity index is 1.49. The summed E-state index contributed by atoms with van der Waals surface area (Å²) >= 11 is 0. The minimum atomic E-state index is -0.513. The zero-order valence-corrected chi connectivity index (χ0v) is 16.8. The lowest BCUT2D eigenvalue weighted by Crippen LogP contribution is -2.48. The Morgan fingerprint density at radius 1 is 1.25 bits per heavy atom. The van der Waals surface area contributed by atoms with Crippen LogP contribution in [0.1, 0.15) is 19.3 Å². The van der Waals surface area contributed by atoms with Gasteiger partial charge in [-0.05, 0) is 37.9 Å². The van der Waals surface area contributed by atoms with E-state index in [-0.39, 0.29) is 11.7 Å². The quantitative estimate of drug-likeness (QED) is 0.545. The van der Waals surface area contributed by atoms with E-state index in [1.165, 1.54) is 24.6 Å². The summed E-state index contributed by atoms with van der Waals surface area (Å²) in [5.74, 6) is -0.291. The van der Waals surface area contributed by atoms with Crippen LogP contribution in [0, 0.1) is 11.6 Å². The molecule has 1 aromatic rings. The van der Waals surface area contributed by atoms with Crippen LogP contribution >= 0.6 is 0 Å². The molecule has 6 nitrogen and oxygen atoms in total. The summed E-state index contributed by atoms with van der Waals surface area (Å²) < 4.78 is 33.2. The summed E-state index contributed by atoms with van der Waals surface area (Å²) in [7, 11) is 3.48. The van der Waals surface area contributed by atoms with Gasteiger partial charge in [-0.25, -0.2) is 8.78 Å².